The van der Waals surface area contributed by atoms with Gasteiger partial charge in [0.2, 0.25) is 0 Å². The Morgan fingerprint density at radius 3 is 1.61 bits per heavy atom. The topological polar surface area (TPSA) is 99.1 Å². The van der Waals surface area contributed by atoms with Gasteiger partial charge in [-0.3, -0.25) is 9.59 Å². The molecule has 0 aromatic rings. The number of carboxylic acids is 1. The van der Waals surface area contributed by atoms with Crippen molar-refractivity contribution in [3.05, 3.63) is 60.8 Å². The molecule has 0 rings (SSSR count). The Morgan fingerprint density at radius 2 is 1.10 bits per heavy atom. The van der Waals surface area contributed by atoms with E-state index in [0.29, 0.717) is 19.3 Å². The Kier molecular flexibility index (Phi) is 32.1. The van der Waals surface area contributed by atoms with E-state index in [1.54, 1.807) is 0 Å². The van der Waals surface area contributed by atoms with E-state index < -0.39 is 18.1 Å². The first-order chi connectivity index (χ1) is 24.6. The molecule has 2 unspecified atom stereocenters. The Hall–Kier alpha value is -2.97. The van der Waals surface area contributed by atoms with Crippen LogP contribution in [0.4, 0.5) is 0 Å². The van der Waals surface area contributed by atoms with Crippen LogP contribution in [0.3, 0.4) is 0 Å². The lowest BCUT2D eigenvalue weighted by Gasteiger charge is -2.31. The first-order valence-corrected chi connectivity index (χ1v) is 19.9. The lowest BCUT2D eigenvalue weighted by atomic mass is 10.0. The van der Waals surface area contributed by atoms with Crippen molar-refractivity contribution in [2.75, 3.05) is 41.0 Å². The average Bonchev–Trinajstić information content (AvgIpc) is 3.08. The highest BCUT2D eigenvalue weighted by atomic mass is 16.6. The van der Waals surface area contributed by atoms with Crippen LogP contribution in [0, 0.1) is 0 Å². The number of unbranched alkanes of at least 4 members (excludes halogenated alkanes) is 14. The molecule has 0 spiro atoms. The molecule has 0 aromatic heterocycles. The van der Waals surface area contributed by atoms with E-state index in [-0.39, 0.29) is 42.7 Å². The van der Waals surface area contributed by atoms with Gasteiger partial charge in [-0.05, 0) is 25.7 Å². The largest absolute Gasteiger partial charge is 0.477 e. The molecule has 8 nitrogen and oxygen atoms in total. The van der Waals surface area contributed by atoms with Gasteiger partial charge in [0.05, 0.1) is 34.4 Å². The molecule has 0 aromatic carbocycles. The van der Waals surface area contributed by atoms with Crippen molar-refractivity contribution in [1.29, 1.82) is 0 Å². The molecule has 51 heavy (non-hydrogen) atoms. The molecular formula is C43H74NO7+. The van der Waals surface area contributed by atoms with Crippen molar-refractivity contribution in [3.8, 4) is 0 Å². The number of carboxylic acid groups (broad SMARTS) is 1. The molecule has 0 saturated carbocycles. The summed E-state index contributed by atoms with van der Waals surface area (Å²) in [7, 11) is 5.49. The minimum Gasteiger partial charge on any atom is -0.477 e. The molecule has 1 N–H and O–H groups in total. The van der Waals surface area contributed by atoms with Gasteiger partial charge in [0.15, 0.2) is 12.1 Å². The first-order valence-electron chi connectivity index (χ1n) is 19.9. The van der Waals surface area contributed by atoms with E-state index in [4.69, 9.17) is 14.2 Å². The Bertz CT molecular complexity index is 1020. The van der Waals surface area contributed by atoms with Crippen molar-refractivity contribution in [2.24, 2.45) is 0 Å². The van der Waals surface area contributed by atoms with Crippen LogP contribution in [0.25, 0.3) is 0 Å². The lowest BCUT2D eigenvalue weighted by molar-refractivity contribution is -0.887. The molecular weight excluding hydrogens is 642 g/mol. The number of likely N-dealkylation sites (N-methyl/N-ethyl adjacent to an activating group) is 1. The van der Waals surface area contributed by atoms with Crippen LogP contribution < -0.4 is 0 Å². The third-order valence-corrected chi connectivity index (χ3v) is 8.56. The SMILES string of the molecule is CC/C=C/C=C/C=C/C=C/C=C/CCCC(=O)OCC(COCCC(C(=O)O)[N+](C)(C)C)OC(=O)CCCCCCCCCCCCCCCC. The van der Waals surface area contributed by atoms with E-state index in [0.717, 1.165) is 32.1 Å². The standard InChI is InChI=1S/C43H73NO7/c1-6-8-10-12-14-16-18-20-22-24-26-28-30-32-34-42(46)51-39(37-49-36-35-40(43(47)48)44(3,4)5)38-50-41(45)33-31-29-27-25-23-21-19-17-15-13-11-9-7-2/h9,11,13,15,17,19,21,23,25,27,39-40H,6-8,10,12,14,16,18,20,22,24,26,28-38H2,1-5H3/p+1/b11-9+,15-13+,19-17+,23-21+,27-25+. The number of hydrogen-bond acceptors (Lipinski definition) is 6. The minimum absolute atomic E-state index is 0.0377. The first kappa shape index (κ1) is 48.0. The maximum absolute atomic E-state index is 12.7. The molecule has 0 bridgehead atoms. The monoisotopic (exact) mass is 717 g/mol. The zero-order valence-corrected chi connectivity index (χ0v) is 33.0. The molecule has 0 saturated heterocycles. The van der Waals surface area contributed by atoms with E-state index in [1.807, 2.05) is 75.8 Å². The molecule has 0 aliphatic heterocycles. The third kappa shape index (κ3) is 32.7. The fraction of sp³-hybridized carbons (Fsp3) is 0.698. The second-order valence-electron chi connectivity index (χ2n) is 14.3. The Labute approximate surface area is 311 Å². The van der Waals surface area contributed by atoms with Crippen molar-refractivity contribution in [2.45, 2.75) is 154 Å². The zero-order chi connectivity index (χ0) is 37.8. The van der Waals surface area contributed by atoms with Gasteiger partial charge in [-0.25, -0.2) is 4.79 Å². The molecule has 2 atom stereocenters. The number of ether oxygens (including phenoxy) is 3. The summed E-state index contributed by atoms with van der Waals surface area (Å²) in [6.07, 6.45) is 39.9. The van der Waals surface area contributed by atoms with Gasteiger partial charge in [0.1, 0.15) is 6.61 Å². The predicted molar refractivity (Wildman–Crippen MR) is 211 cm³/mol. The number of aliphatic carboxylic acids is 1. The van der Waals surface area contributed by atoms with Crippen LogP contribution in [-0.2, 0) is 28.6 Å². The average molecular weight is 717 g/mol. The van der Waals surface area contributed by atoms with Gasteiger partial charge in [-0.1, -0.05) is 158 Å². The number of rotatable bonds is 34. The van der Waals surface area contributed by atoms with E-state index in [1.165, 1.54) is 70.6 Å². The Balaban J connectivity index is 4.52. The van der Waals surface area contributed by atoms with E-state index >= 15 is 0 Å². The molecule has 292 valence electrons. The minimum atomic E-state index is -0.887. The summed E-state index contributed by atoms with van der Waals surface area (Å²) in [5.41, 5.74) is 0. The van der Waals surface area contributed by atoms with Crippen molar-refractivity contribution in [3.63, 3.8) is 0 Å². The summed E-state index contributed by atoms with van der Waals surface area (Å²) in [6.45, 7) is 4.50. The van der Waals surface area contributed by atoms with Crippen molar-refractivity contribution >= 4 is 17.9 Å². The number of quaternary nitrogens is 1. The Morgan fingerprint density at radius 1 is 0.608 bits per heavy atom. The normalized spacial score (nSPS) is 13.7. The second-order valence-corrected chi connectivity index (χ2v) is 14.3. The number of allylic oxidation sites excluding steroid dienone is 10. The van der Waals surface area contributed by atoms with E-state index in [9.17, 15) is 19.5 Å². The molecule has 0 radical (unpaired) electrons. The maximum Gasteiger partial charge on any atom is 0.362 e. The summed E-state index contributed by atoms with van der Waals surface area (Å²) in [5.74, 6) is -1.57. The molecule has 0 fully saturated rings. The van der Waals surface area contributed by atoms with Gasteiger partial charge in [0, 0.05) is 19.3 Å². The fourth-order valence-corrected chi connectivity index (χ4v) is 5.47. The number of carbonyl (C=O) groups is 3. The highest BCUT2D eigenvalue weighted by molar-refractivity contribution is 5.72. The number of carbonyl (C=O) groups excluding carboxylic acids is 2. The molecule has 8 heteroatoms. The zero-order valence-electron chi connectivity index (χ0n) is 33.0. The van der Waals surface area contributed by atoms with Gasteiger partial charge in [-0.15, -0.1) is 0 Å². The summed E-state index contributed by atoms with van der Waals surface area (Å²) in [5, 5.41) is 9.59. The van der Waals surface area contributed by atoms with Gasteiger partial charge in [0.25, 0.3) is 0 Å². The van der Waals surface area contributed by atoms with E-state index in [2.05, 4.69) is 19.9 Å². The molecule has 0 aliphatic carbocycles. The quantitative estimate of drug-likeness (QED) is 0.0306. The number of nitrogens with zero attached hydrogens (tertiary/aromatic N) is 1. The maximum atomic E-state index is 12.7. The van der Waals surface area contributed by atoms with Crippen molar-refractivity contribution in [1.82, 2.24) is 0 Å². The summed E-state index contributed by atoms with van der Waals surface area (Å²) in [4.78, 5) is 36.8. The van der Waals surface area contributed by atoms with Crippen LogP contribution in [-0.4, -0.2) is 80.6 Å². The third-order valence-electron chi connectivity index (χ3n) is 8.56. The summed E-state index contributed by atoms with van der Waals surface area (Å²) < 4.78 is 17.1. The van der Waals surface area contributed by atoms with Crippen LogP contribution in [0.2, 0.25) is 0 Å². The number of esters is 2. The summed E-state index contributed by atoms with van der Waals surface area (Å²) in [6, 6.07) is -0.625. The highest BCUT2D eigenvalue weighted by Crippen LogP contribution is 2.14. The number of hydrogen-bond donors (Lipinski definition) is 1. The highest BCUT2D eigenvalue weighted by Gasteiger charge is 2.31. The molecule has 0 heterocycles. The van der Waals surface area contributed by atoms with Crippen LogP contribution in [0.1, 0.15) is 142 Å². The molecule has 0 amide bonds. The van der Waals surface area contributed by atoms with Crippen LogP contribution in [0.5, 0.6) is 0 Å². The van der Waals surface area contributed by atoms with Gasteiger partial charge >= 0.3 is 17.9 Å². The van der Waals surface area contributed by atoms with Crippen LogP contribution >= 0.6 is 0 Å². The fourth-order valence-electron chi connectivity index (χ4n) is 5.47. The smallest absolute Gasteiger partial charge is 0.362 e. The lowest BCUT2D eigenvalue weighted by Crippen LogP contribution is -2.50. The molecule has 0 aliphatic rings. The van der Waals surface area contributed by atoms with Gasteiger partial charge < -0.3 is 23.8 Å². The van der Waals surface area contributed by atoms with Crippen LogP contribution in [0.15, 0.2) is 60.8 Å². The second kappa shape index (κ2) is 34.1. The predicted octanol–water partition coefficient (Wildman–Crippen LogP) is 10.2. The van der Waals surface area contributed by atoms with Crippen molar-refractivity contribution < 1.29 is 38.2 Å². The summed E-state index contributed by atoms with van der Waals surface area (Å²) >= 11 is 0. The van der Waals surface area contributed by atoms with Gasteiger partial charge in [-0.2, -0.15) is 0 Å².